The van der Waals surface area contributed by atoms with Gasteiger partial charge in [0.1, 0.15) is 0 Å². The number of aryl methyl sites for hydroxylation is 2. The Morgan fingerprint density at radius 3 is 2.65 bits per heavy atom. The lowest BCUT2D eigenvalue weighted by molar-refractivity contribution is 0.184. The van der Waals surface area contributed by atoms with Gasteiger partial charge in [-0.15, -0.1) is 0 Å². The second-order valence-corrected chi connectivity index (χ2v) is 6.47. The third kappa shape index (κ3) is 3.63. The molecule has 0 aliphatic heterocycles. The molecule has 3 unspecified atom stereocenters. The molecule has 0 aromatic carbocycles. The van der Waals surface area contributed by atoms with Crippen LogP contribution in [0.15, 0.2) is 6.07 Å². The van der Waals surface area contributed by atoms with Gasteiger partial charge in [-0.2, -0.15) is 5.10 Å². The molecule has 1 aromatic rings. The van der Waals surface area contributed by atoms with E-state index in [0.717, 1.165) is 18.2 Å². The smallest absolute Gasteiger partial charge is 0.0677 e. The summed E-state index contributed by atoms with van der Waals surface area (Å²) in [7, 11) is 0. The van der Waals surface area contributed by atoms with Crippen molar-refractivity contribution in [3.8, 4) is 0 Å². The molecule has 3 nitrogen and oxygen atoms in total. The first-order chi connectivity index (χ1) is 9.65. The molecule has 1 aromatic heterocycles. The molecule has 1 heterocycles. The van der Waals surface area contributed by atoms with Crippen molar-refractivity contribution in [3.05, 3.63) is 17.5 Å². The van der Waals surface area contributed by atoms with Gasteiger partial charge in [0, 0.05) is 11.7 Å². The van der Waals surface area contributed by atoms with Crippen LogP contribution < -0.4 is 5.32 Å². The molecule has 114 valence electrons. The minimum Gasteiger partial charge on any atom is -0.312 e. The van der Waals surface area contributed by atoms with Gasteiger partial charge < -0.3 is 5.32 Å². The quantitative estimate of drug-likeness (QED) is 0.851. The first-order valence-electron chi connectivity index (χ1n) is 8.41. The summed E-state index contributed by atoms with van der Waals surface area (Å²) in [6, 6.07) is 3.35. The van der Waals surface area contributed by atoms with Crippen molar-refractivity contribution in [2.24, 2.45) is 5.92 Å². The summed E-state index contributed by atoms with van der Waals surface area (Å²) < 4.78 is 2.30. The third-order valence-electron chi connectivity index (χ3n) is 4.64. The summed E-state index contributed by atoms with van der Waals surface area (Å²) in [6.07, 6.45) is 7.85. The van der Waals surface area contributed by atoms with E-state index in [1.54, 1.807) is 0 Å². The van der Waals surface area contributed by atoms with Crippen LogP contribution >= 0.6 is 0 Å². The minimum atomic E-state index is 0.542. The number of aromatic nitrogens is 2. The molecular weight excluding hydrogens is 246 g/mol. The van der Waals surface area contributed by atoms with Crippen molar-refractivity contribution in [3.63, 3.8) is 0 Å². The zero-order chi connectivity index (χ0) is 14.5. The van der Waals surface area contributed by atoms with Gasteiger partial charge in [0.15, 0.2) is 0 Å². The van der Waals surface area contributed by atoms with Crippen molar-refractivity contribution in [1.29, 1.82) is 0 Å². The van der Waals surface area contributed by atoms with Gasteiger partial charge >= 0.3 is 0 Å². The molecule has 1 aliphatic rings. The molecule has 3 heteroatoms. The molecule has 3 atom stereocenters. The van der Waals surface area contributed by atoms with E-state index in [0.29, 0.717) is 12.1 Å². The highest BCUT2D eigenvalue weighted by molar-refractivity contribution is 5.09. The Hall–Kier alpha value is -0.830. The van der Waals surface area contributed by atoms with Crippen LogP contribution in [0.4, 0.5) is 0 Å². The maximum absolute atomic E-state index is 4.76. The minimum absolute atomic E-state index is 0.542. The van der Waals surface area contributed by atoms with Gasteiger partial charge in [0.05, 0.1) is 11.7 Å². The molecule has 20 heavy (non-hydrogen) atoms. The van der Waals surface area contributed by atoms with E-state index in [1.807, 2.05) is 0 Å². The van der Waals surface area contributed by atoms with Gasteiger partial charge in [0.2, 0.25) is 0 Å². The van der Waals surface area contributed by atoms with Gasteiger partial charge in [-0.05, 0) is 58.1 Å². The van der Waals surface area contributed by atoms with Crippen molar-refractivity contribution < 1.29 is 0 Å². The molecule has 0 amide bonds. The SMILES string of the molecule is CCCNC1CCC(CCC)CC1n1nc(C)cc1C. The van der Waals surface area contributed by atoms with Gasteiger partial charge in [0.25, 0.3) is 0 Å². The fourth-order valence-electron chi connectivity index (χ4n) is 3.72. The topological polar surface area (TPSA) is 29.9 Å². The molecule has 0 radical (unpaired) electrons. The van der Waals surface area contributed by atoms with Crippen LogP contribution in [0.1, 0.15) is 69.8 Å². The number of hydrogen-bond acceptors (Lipinski definition) is 2. The van der Waals surface area contributed by atoms with Crippen molar-refractivity contribution in [1.82, 2.24) is 15.1 Å². The van der Waals surface area contributed by atoms with E-state index in [9.17, 15) is 0 Å². The molecule has 1 fully saturated rings. The molecule has 1 N–H and O–H groups in total. The highest BCUT2D eigenvalue weighted by Crippen LogP contribution is 2.35. The third-order valence-corrected chi connectivity index (χ3v) is 4.64. The standard InChI is InChI=1S/C17H31N3/c1-5-7-15-8-9-16(18-10-6-2)17(12-15)20-14(4)11-13(3)19-20/h11,15-18H,5-10,12H2,1-4H3. The van der Waals surface area contributed by atoms with Crippen LogP contribution in [0.25, 0.3) is 0 Å². The molecule has 0 spiro atoms. The van der Waals surface area contributed by atoms with Gasteiger partial charge in [-0.25, -0.2) is 0 Å². The summed E-state index contributed by atoms with van der Waals surface area (Å²) >= 11 is 0. The molecule has 1 aliphatic carbocycles. The van der Waals surface area contributed by atoms with Crippen LogP contribution in [-0.4, -0.2) is 22.4 Å². The van der Waals surface area contributed by atoms with Crippen LogP contribution in [-0.2, 0) is 0 Å². The van der Waals surface area contributed by atoms with Crippen molar-refractivity contribution >= 4 is 0 Å². The number of nitrogens with zero attached hydrogens (tertiary/aromatic N) is 2. The average Bonchev–Trinajstić information content (AvgIpc) is 2.76. The summed E-state index contributed by atoms with van der Waals surface area (Å²) in [5, 5.41) is 8.52. The summed E-state index contributed by atoms with van der Waals surface area (Å²) in [4.78, 5) is 0. The van der Waals surface area contributed by atoms with Crippen molar-refractivity contribution in [2.75, 3.05) is 6.54 Å². The highest BCUT2D eigenvalue weighted by Gasteiger charge is 2.32. The lowest BCUT2D eigenvalue weighted by atomic mass is 9.80. The number of hydrogen-bond donors (Lipinski definition) is 1. The predicted octanol–water partition coefficient (Wildman–Crippen LogP) is 4.01. The Labute approximate surface area is 124 Å². The summed E-state index contributed by atoms with van der Waals surface area (Å²) in [6.45, 7) is 9.97. The molecule has 1 saturated carbocycles. The van der Waals surface area contributed by atoms with E-state index < -0.39 is 0 Å². The highest BCUT2D eigenvalue weighted by atomic mass is 15.3. The molecule has 2 rings (SSSR count). The zero-order valence-electron chi connectivity index (χ0n) is 13.7. The zero-order valence-corrected chi connectivity index (χ0v) is 13.7. The Kier molecular flexibility index (Phi) is 5.64. The monoisotopic (exact) mass is 277 g/mol. The van der Waals surface area contributed by atoms with Crippen LogP contribution in [0.5, 0.6) is 0 Å². The Morgan fingerprint density at radius 2 is 2.05 bits per heavy atom. The van der Waals surface area contributed by atoms with E-state index in [-0.39, 0.29) is 0 Å². The van der Waals surface area contributed by atoms with E-state index >= 15 is 0 Å². The maximum atomic E-state index is 4.76. The Balaban J connectivity index is 2.14. The first-order valence-corrected chi connectivity index (χ1v) is 8.41. The molecule has 0 saturated heterocycles. The summed E-state index contributed by atoms with van der Waals surface area (Å²) in [5.41, 5.74) is 2.46. The predicted molar refractivity (Wildman–Crippen MR) is 85.1 cm³/mol. The number of nitrogens with one attached hydrogen (secondary N) is 1. The normalized spacial score (nSPS) is 26.9. The first kappa shape index (κ1) is 15.6. The van der Waals surface area contributed by atoms with Crippen LogP contribution in [0, 0.1) is 19.8 Å². The van der Waals surface area contributed by atoms with E-state index in [1.165, 1.54) is 44.2 Å². The largest absolute Gasteiger partial charge is 0.312 e. The second-order valence-electron chi connectivity index (χ2n) is 6.47. The second kappa shape index (κ2) is 7.26. The maximum Gasteiger partial charge on any atom is 0.0677 e. The fourth-order valence-corrected chi connectivity index (χ4v) is 3.72. The Morgan fingerprint density at radius 1 is 1.25 bits per heavy atom. The van der Waals surface area contributed by atoms with E-state index in [4.69, 9.17) is 5.10 Å². The van der Waals surface area contributed by atoms with Gasteiger partial charge in [-0.1, -0.05) is 26.7 Å². The van der Waals surface area contributed by atoms with E-state index in [2.05, 4.69) is 43.8 Å². The number of rotatable bonds is 6. The lowest BCUT2D eigenvalue weighted by Gasteiger charge is -2.37. The average molecular weight is 277 g/mol. The van der Waals surface area contributed by atoms with Crippen LogP contribution in [0.3, 0.4) is 0 Å². The summed E-state index contributed by atoms with van der Waals surface area (Å²) in [5.74, 6) is 0.883. The molecular formula is C17H31N3. The Bertz CT molecular complexity index is 410. The van der Waals surface area contributed by atoms with Gasteiger partial charge in [-0.3, -0.25) is 4.68 Å². The van der Waals surface area contributed by atoms with Crippen molar-refractivity contribution in [2.45, 2.75) is 78.3 Å². The fraction of sp³-hybridized carbons (Fsp3) is 0.824. The molecule has 0 bridgehead atoms. The lowest BCUT2D eigenvalue weighted by Crippen LogP contribution is -2.42. The van der Waals surface area contributed by atoms with Crippen LogP contribution in [0.2, 0.25) is 0 Å².